The van der Waals surface area contributed by atoms with E-state index in [1.54, 1.807) is 24.3 Å². The van der Waals surface area contributed by atoms with Gasteiger partial charge in [0.25, 0.3) is 0 Å². The molecule has 0 aliphatic carbocycles. The Balaban J connectivity index is 2.21. The second-order valence-electron chi connectivity index (χ2n) is 3.19. The molecule has 1 rings (SSSR count). The summed E-state index contributed by atoms with van der Waals surface area (Å²) in [4.78, 5) is 21.3. The summed E-state index contributed by atoms with van der Waals surface area (Å²) in [7, 11) is 0. The number of carbonyl (C=O) groups is 2. The second-order valence-corrected chi connectivity index (χ2v) is 3.57. The third-order valence-electron chi connectivity index (χ3n) is 1.93. The number of alkyl halides is 1. The summed E-state index contributed by atoms with van der Waals surface area (Å²) >= 11 is 5.37. The van der Waals surface area contributed by atoms with Crippen molar-refractivity contribution in [1.29, 1.82) is 0 Å². The molecule has 17 heavy (non-hydrogen) atoms. The Morgan fingerprint density at radius 1 is 1.24 bits per heavy atom. The summed E-state index contributed by atoms with van der Waals surface area (Å²) in [5.74, 6) is 0.552. The maximum absolute atomic E-state index is 10.9. The van der Waals surface area contributed by atoms with Crippen molar-refractivity contribution >= 4 is 23.9 Å². The number of hydrogen-bond acceptors (Lipinski definition) is 4. The second kappa shape index (κ2) is 7.68. The quantitative estimate of drug-likeness (QED) is 0.324. The number of halogens is 1. The first kappa shape index (κ1) is 13.5. The van der Waals surface area contributed by atoms with E-state index in [1.807, 2.05) is 0 Å². The molecule has 92 valence electrons. The SMILES string of the molecule is O=Cc1ccc(OCCOC(=O)CCCl)cc1. The molecule has 0 spiro atoms. The highest BCUT2D eigenvalue weighted by Gasteiger charge is 2.01. The largest absolute Gasteiger partial charge is 0.490 e. The van der Waals surface area contributed by atoms with Gasteiger partial charge in [-0.3, -0.25) is 9.59 Å². The van der Waals surface area contributed by atoms with Crippen LogP contribution in [0.2, 0.25) is 0 Å². The number of hydrogen-bond donors (Lipinski definition) is 0. The average Bonchev–Trinajstić information content (AvgIpc) is 2.36. The summed E-state index contributed by atoms with van der Waals surface area (Å²) in [6, 6.07) is 6.68. The van der Waals surface area contributed by atoms with Crippen LogP contribution in [0.1, 0.15) is 16.8 Å². The van der Waals surface area contributed by atoms with Gasteiger partial charge in [-0.05, 0) is 24.3 Å². The summed E-state index contributed by atoms with van der Waals surface area (Å²) in [6.07, 6.45) is 0.966. The Kier molecular flexibility index (Phi) is 6.10. The number of carbonyl (C=O) groups excluding carboxylic acids is 2. The van der Waals surface area contributed by atoms with Crippen molar-refractivity contribution in [2.75, 3.05) is 19.1 Å². The topological polar surface area (TPSA) is 52.6 Å². The zero-order chi connectivity index (χ0) is 12.5. The van der Waals surface area contributed by atoms with Crippen molar-refractivity contribution in [2.24, 2.45) is 0 Å². The van der Waals surface area contributed by atoms with Gasteiger partial charge in [-0.15, -0.1) is 11.6 Å². The molecule has 0 saturated heterocycles. The van der Waals surface area contributed by atoms with E-state index in [2.05, 4.69) is 0 Å². The van der Waals surface area contributed by atoms with Gasteiger partial charge in [0.05, 0.1) is 6.42 Å². The fourth-order valence-electron chi connectivity index (χ4n) is 1.11. The molecule has 4 nitrogen and oxygen atoms in total. The van der Waals surface area contributed by atoms with E-state index in [-0.39, 0.29) is 31.5 Å². The molecule has 5 heteroatoms. The Labute approximate surface area is 104 Å². The molecule has 0 N–H and O–H groups in total. The van der Waals surface area contributed by atoms with Crippen LogP contribution in [0.4, 0.5) is 0 Å². The smallest absolute Gasteiger partial charge is 0.307 e. The fraction of sp³-hybridized carbons (Fsp3) is 0.333. The van der Waals surface area contributed by atoms with Crippen LogP contribution in [0, 0.1) is 0 Å². The van der Waals surface area contributed by atoms with E-state index in [4.69, 9.17) is 21.1 Å². The van der Waals surface area contributed by atoms with Crippen molar-refractivity contribution < 1.29 is 19.1 Å². The summed E-state index contributed by atoms with van der Waals surface area (Å²) in [6.45, 7) is 0.458. The van der Waals surface area contributed by atoms with E-state index in [0.717, 1.165) is 6.29 Å². The van der Waals surface area contributed by atoms with Crippen molar-refractivity contribution in [3.05, 3.63) is 29.8 Å². The highest BCUT2D eigenvalue weighted by Crippen LogP contribution is 2.10. The van der Waals surface area contributed by atoms with Gasteiger partial charge in [0.15, 0.2) is 0 Å². The zero-order valence-corrected chi connectivity index (χ0v) is 9.98. The van der Waals surface area contributed by atoms with Crippen LogP contribution in [0.15, 0.2) is 24.3 Å². The average molecular weight is 257 g/mol. The minimum atomic E-state index is -0.333. The van der Waals surface area contributed by atoms with Crippen molar-refractivity contribution in [2.45, 2.75) is 6.42 Å². The van der Waals surface area contributed by atoms with Gasteiger partial charge < -0.3 is 9.47 Å². The molecule has 0 saturated carbocycles. The third-order valence-corrected chi connectivity index (χ3v) is 2.12. The summed E-state index contributed by atoms with van der Waals surface area (Å²) < 4.78 is 10.2. The molecule has 0 aliphatic heterocycles. The Bertz CT molecular complexity index is 361. The molecule has 0 bridgehead atoms. The van der Waals surface area contributed by atoms with Gasteiger partial charge in [0.1, 0.15) is 25.2 Å². The Hall–Kier alpha value is -1.55. The monoisotopic (exact) mass is 256 g/mol. The Morgan fingerprint density at radius 3 is 2.53 bits per heavy atom. The van der Waals surface area contributed by atoms with Gasteiger partial charge in [0.2, 0.25) is 0 Å². The first-order valence-electron chi connectivity index (χ1n) is 5.16. The van der Waals surface area contributed by atoms with Crippen LogP contribution in [0.25, 0.3) is 0 Å². The van der Waals surface area contributed by atoms with Gasteiger partial charge in [0, 0.05) is 11.4 Å². The molecule has 0 radical (unpaired) electrons. The molecular weight excluding hydrogens is 244 g/mol. The molecule has 1 aromatic carbocycles. The van der Waals surface area contributed by atoms with Crippen molar-refractivity contribution in [3.8, 4) is 5.75 Å². The van der Waals surface area contributed by atoms with E-state index < -0.39 is 0 Å². The molecule has 0 unspecified atom stereocenters. The third kappa shape index (κ3) is 5.36. The predicted molar refractivity (Wildman–Crippen MR) is 63.6 cm³/mol. The fourth-order valence-corrected chi connectivity index (χ4v) is 1.26. The summed E-state index contributed by atoms with van der Waals surface area (Å²) in [5.41, 5.74) is 0.589. The highest BCUT2D eigenvalue weighted by molar-refractivity contribution is 6.18. The standard InChI is InChI=1S/C12H13ClO4/c13-6-5-12(15)17-8-7-16-11-3-1-10(9-14)2-4-11/h1-4,9H,5-8H2. The van der Waals surface area contributed by atoms with Crippen molar-refractivity contribution in [3.63, 3.8) is 0 Å². The van der Waals surface area contributed by atoms with Crippen LogP contribution in [-0.4, -0.2) is 31.3 Å². The normalized spacial score (nSPS) is 9.71. The minimum absolute atomic E-state index is 0.186. The van der Waals surface area contributed by atoms with Gasteiger partial charge in [-0.1, -0.05) is 0 Å². The van der Waals surface area contributed by atoms with E-state index in [0.29, 0.717) is 11.3 Å². The van der Waals surface area contributed by atoms with Gasteiger partial charge >= 0.3 is 5.97 Å². The molecule has 0 amide bonds. The predicted octanol–water partition coefficient (Wildman–Crippen LogP) is 2.05. The molecule has 0 heterocycles. The number of rotatable bonds is 7. The number of ether oxygens (including phenoxy) is 2. The Morgan fingerprint density at radius 2 is 1.94 bits per heavy atom. The molecular formula is C12H13ClO4. The maximum Gasteiger partial charge on any atom is 0.307 e. The van der Waals surface area contributed by atoms with Crippen molar-refractivity contribution in [1.82, 2.24) is 0 Å². The van der Waals surface area contributed by atoms with Crippen LogP contribution in [0.5, 0.6) is 5.75 Å². The molecule has 0 fully saturated rings. The molecule has 1 aromatic rings. The lowest BCUT2D eigenvalue weighted by molar-refractivity contribution is -0.143. The van der Waals surface area contributed by atoms with Crippen LogP contribution < -0.4 is 4.74 Å². The lowest BCUT2D eigenvalue weighted by Gasteiger charge is -2.06. The lowest BCUT2D eigenvalue weighted by Crippen LogP contribution is -2.12. The van der Waals surface area contributed by atoms with E-state index in [1.165, 1.54) is 0 Å². The first-order chi connectivity index (χ1) is 8.26. The zero-order valence-electron chi connectivity index (χ0n) is 9.23. The number of esters is 1. The van der Waals surface area contributed by atoms with Crippen LogP contribution in [-0.2, 0) is 9.53 Å². The van der Waals surface area contributed by atoms with Gasteiger partial charge in [-0.25, -0.2) is 0 Å². The van der Waals surface area contributed by atoms with E-state index >= 15 is 0 Å². The van der Waals surface area contributed by atoms with Crippen LogP contribution in [0.3, 0.4) is 0 Å². The number of benzene rings is 1. The van der Waals surface area contributed by atoms with Crippen LogP contribution >= 0.6 is 11.6 Å². The minimum Gasteiger partial charge on any atom is -0.490 e. The van der Waals surface area contributed by atoms with Gasteiger partial charge in [-0.2, -0.15) is 0 Å². The maximum atomic E-state index is 10.9. The first-order valence-corrected chi connectivity index (χ1v) is 5.69. The molecule has 0 aromatic heterocycles. The molecule has 0 aliphatic rings. The van der Waals surface area contributed by atoms with E-state index in [9.17, 15) is 9.59 Å². The summed E-state index contributed by atoms with van der Waals surface area (Å²) in [5, 5.41) is 0. The lowest BCUT2D eigenvalue weighted by atomic mass is 10.2. The molecule has 0 atom stereocenters. The highest BCUT2D eigenvalue weighted by atomic mass is 35.5. The number of aldehydes is 1.